The van der Waals surface area contributed by atoms with Gasteiger partial charge >= 0.3 is 12.1 Å². The zero-order chi connectivity index (χ0) is 20.9. The van der Waals surface area contributed by atoms with Crippen molar-refractivity contribution in [2.24, 2.45) is 5.41 Å². The molecule has 0 aliphatic carbocycles. The molecule has 0 saturated carbocycles. The number of carboxylic acid groups (broad SMARTS) is 1. The van der Waals surface area contributed by atoms with E-state index in [2.05, 4.69) is 5.32 Å². The van der Waals surface area contributed by atoms with E-state index in [4.69, 9.17) is 0 Å². The zero-order valence-corrected chi connectivity index (χ0v) is 15.6. The third kappa shape index (κ3) is 5.12. The van der Waals surface area contributed by atoms with Crippen molar-refractivity contribution < 1.29 is 27.9 Å². The molecule has 1 atom stereocenters. The quantitative estimate of drug-likeness (QED) is 0.713. The number of carboxylic acids is 1. The van der Waals surface area contributed by atoms with E-state index < -0.39 is 29.5 Å². The number of amides is 1. The van der Waals surface area contributed by atoms with Gasteiger partial charge in [-0.05, 0) is 36.1 Å². The normalized spacial score (nSPS) is 13.0. The van der Waals surface area contributed by atoms with Crippen LogP contribution < -0.4 is 5.32 Å². The lowest BCUT2D eigenvalue weighted by atomic mass is 9.84. The van der Waals surface area contributed by atoms with Gasteiger partial charge in [0, 0.05) is 5.56 Å². The first kappa shape index (κ1) is 21.5. The van der Waals surface area contributed by atoms with Crippen LogP contribution in [0.5, 0.6) is 0 Å². The molecule has 0 radical (unpaired) electrons. The van der Waals surface area contributed by atoms with Crippen molar-refractivity contribution in [1.82, 2.24) is 5.32 Å². The van der Waals surface area contributed by atoms with Gasteiger partial charge in [-0.15, -0.1) is 0 Å². The minimum atomic E-state index is -4.37. The van der Waals surface area contributed by atoms with Gasteiger partial charge in [0.05, 0.1) is 5.41 Å². The van der Waals surface area contributed by atoms with Crippen molar-refractivity contribution in [3.8, 4) is 0 Å². The van der Waals surface area contributed by atoms with Crippen LogP contribution in [-0.4, -0.2) is 23.2 Å². The molecular weight excluding hydrogens is 371 g/mol. The summed E-state index contributed by atoms with van der Waals surface area (Å²) in [4.78, 5) is 24.2. The fourth-order valence-corrected chi connectivity index (χ4v) is 2.71. The molecule has 0 aromatic heterocycles. The summed E-state index contributed by atoms with van der Waals surface area (Å²) in [7, 11) is 0. The van der Waals surface area contributed by atoms with E-state index in [1.807, 2.05) is 0 Å². The number of alkyl halides is 3. The van der Waals surface area contributed by atoms with Gasteiger partial charge < -0.3 is 10.4 Å². The molecule has 0 heterocycles. The fraction of sp³-hybridized carbons (Fsp3) is 0.333. The minimum Gasteiger partial charge on any atom is -0.479 e. The van der Waals surface area contributed by atoms with Gasteiger partial charge in [-0.2, -0.15) is 13.2 Å². The van der Waals surface area contributed by atoms with Crippen LogP contribution in [0.4, 0.5) is 13.2 Å². The Balaban J connectivity index is 2.26. The molecule has 2 N–H and O–H groups in total. The predicted octanol–water partition coefficient (Wildman–Crippen LogP) is 4.76. The second kappa shape index (κ2) is 8.46. The second-order valence-electron chi connectivity index (χ2n) is 7.19. The third-order valence-corrected chi connectivity index (χ3v) is 4.71. The van der Waals surface area contributed by atoms with E-state index in [0.717, 1.165) is 13.8 Å². The van der Waals surface area contributed by atoms with Gasteiger partial charge in [0.1, 0.15) is 0 Å². The van der Waals surface area contributed by atoms with Crippen LogP contribution in [0.1, 0.15) is 47.8 Å². The van der Waals surface area contributed by atoms with Crippen molar-refractivity contribution >= 4 is 11.9 Å². The van der Waals surface area contributed by atoms with E-state index in [0.29, 0.717) is 11.1 Å². The van der Waals surface area contributed by atoms with Gasteiger partial charge in [-0.25, -0.2) is 4.79 Å². The Morgan fingerprint density at radius 1 is 1.00 bits per heavy atom. The lowest BCUT2D eigenvalue weighted by Crippen LogP contribution is -2.35. The summed E-state index contributed by atoms with van der Waals surface area (Å²) < 4.78 is 39.4. The minimum absolute atomic E-state index is 0.0354. The molecule has 1 amide bonds. The Bertz CT molecular complexity index is 832. The maximum absolute atomic E-state index is 13.1. The maximum Gasteiger partial charge on any atom is 0.393 e. The van der Waals surface area contributed by atoms with Gasteiger partial charge in [-0.3, -0.25) is 4.79 Å². The molecule has 0 bridgehead atoms. The number of hydrogen-bond acceptors (Lipinski definition) is 2. The molecule has 0 spiro atoms. The third-order valence-electron chi connectivity index (χ3n) is 4.71. The van der Waals surface area contributed by atoms with Crippen molar-refractivity contribution in [3.05, 3.63) is 71.3 Å². The van der Waals surface area contributed by atoms with E-state index in [-0.39, 0.29) is 18.4 Å². The summed E-state index contributed by atoms with van der Waals surface area (Å²) in [6.45, 7) is 2.23. The lowest BCUT2D eigenvalue weighted by molar-refractivity contribution is -0.213. The van der Waals surface area contributed by atoms with Crippen molar-refractivity contribution in [2.75, 3.05) is 0 Å². The number of nitrogens with one attached hydrogen (secondary N) is 1. The van der Waals surface area contributed by atoms with E-state index in [1.54, 1.807) is 48.5 Å². The average Bonchev–Trinajstić information content (AvgIpc) is 2.64. The number of hydrogen-bond donors (Lipinski definition) is 2. The number of rotatable bonds is 7. The Kier molecular flexibility index (Phi) is 6.48. The number of aryl methyl sites for hydroxylation is 1. The molecule has 0 aliphatic rings. The smallest absolute Gasteiger partial charge is 0.393 e. The Labute approximate surface area is 161 Å². The summed E-state index contributed by atoms with van der Waals surface area (Å²) in [5.41, 5.74) is -0.881. The summed E-state index contributed by atoms with van der Waals surface area (Å²) in [6, 6.07) is 13.1. The highest BCUT2D eigenvalue weighted by atomic mass is 19.4. The largest absolute Gasteiger partial charge is 0.479 e. The number of benzene rings is 2. The molecule has 0 fully saturated rings. The first-order valence-corrected chi connectivity index (χ1v) is 8.76. The molecule has 150 valence electrons. The Hall–Kier alpha value is -2.83. The Morgan fingerprint density at radius 3 is 2.14 bits per heavy atom. The highest BCUT2D eigenvalue weighted by molar-refractivity contribution is 5.96. The molecule has 0 saturated heterocycles. The SMILES string of the molecule is CC(C)(CCc1ccccc1C(NC(=O)c1ccccc1)C(=O)O)C(F)(F)F. The van der Waals surface area contributed by atoms with Crippen molar-refractivity contribution in [3.63, 3.8) is 0 Å². The van der Waals surface area contributed by atoms with Crippen molar-refractivity contribution in [2.45, 2.75) is 38.9 Å². The first-order chi connectivity index (χ1) is 13.0. The zero-order valence-electron chi connectivity index (χ0n) is 15.6. The van der Waals surface area contributed by atoms with Crippen molar-refractivity contribution in [1.29, 1.82) is 0 Å². The number of carbonyl (C=O) groups excluding carboxylic acids is 1. The van der Waals surface area contributed by atoms with E-state index in [1.165, 1.54) is 6.07 Å². The summed E-state index contributed by atoms with van der Waals surface area (Å²) >= 11 is 0. The maximum atomic E-state index is 13.1. The Morgan fingerprint density at radius 2 is 1.57 bits per heavy atom. The fourth-order valence-electron chi connectivity index (χ4n) is 2.71. The highest BCUT2D eigenvalue weighted by Gasteiger charge is 2.46. The van der Waals surface area contributed by atoms with Gasteiger partial charge in [-0.1, -0.05) is 56.3 Å². The van der Waals surface area contributed by atoms with Crippen LogP contribution in [-0.2, 0) is 11.2 Å². The molecule has 0 aliphatic heterocycles. The van der Waals surface area contributed by atoms with Gasteiger partial charge in [0.2, 0.25) is 0 Å². The number of halogens is 3. The van der Waals surface area contributed by atoms with Crippen LogP contribution >= 0.6 is 0 Å². The van der Waals surface area contributed by atoms with Gasteiger partial charge in [0.15, 0.2) is 6.04 Å². The lowest BCUT2D eigenvalue weighted by Gasteiger charge is -2.28. The standard InChI is InChI=1S/C21H22F3NO3/c1-20(2,21(22,23)24)13-12-14-8-6-7-11-16(14)17(19(27)28)25-18(26)15-9-4-3-5-10-15/h3-11,17H,12-13H2,1-2H3,(H,25,26)(H,27,28). The summed E-state index contributed by atoms with van der Waals surface area (Å²) in [6.07, 6.45) is -4.53. The molecule has 2 aromatic rings. The van der Waals surface area contributed by atoms with Crippen LogP contribution in [0.3, 0.4) is 0 Å². The molecular formula is C21H22F3NO3. The summed E-state index contributed by atoms with van der Waals surface area (Å²) in [5, 5.41) is 12.1. The van der Waals surface area contributed by atoms with Crippen LogP contribution in [0, 0.1) is 5.41 Å². The van der Waals surface area contributed by atoms with E-state index >= 15 is 0 Å². The second-order valence-corrected chi connectivity index (χ2v) is 7.19. The molecule has 1 unspecified atom stereocenters. The molecule has 2 aromatic carbocycles. The van der Waals surface area contributed by atoms with E-state index in [9.17, 15) is 27.9 Å². The topological polar surface area (TPSA) is 66.4 Å². The monoisotopic (exact) mass is 393 g/mol. The number of carbonyl (C=O) groups is 2. The molecule has 7 heteroatoms. The number of aliphatic carboxylic acids is 1. The highest BCUT2D eigenvalue weighted by Crippen LogP contribution is 2.41. The molecule has 4 nitrogen and oxygen atoms in total. The van der Waals surface area contributed by atoms with Crippen LogP contribution in [0.2, 0.25) is 0 Å². The van der Waals surface area contributed by atoms with Crippen LogP contribution in [0.25, 0.3) is 0 Å². The summed E-state index contributed by atoms with van der Waals surface area (Å²) in [5.74, 6) is -1.86. The molecule has 2 rings (SSSR count). The van der Waals surface area contributed by atoms with Crippen LogP contribution in [0.15, 0.2) is 54.6 Å². The van der Waals surface area contributed by atoms with Gasteiger partial charge in [0.25, 0.3) is 5.91 Å². The average molecular weight is 393 g/mol. The predicted molar refractivity (Wildman–Crippen MR) is 98.9 cm³/mol. The molecule has 28 heavy (non-hydrogen) atoms. The first-order valence-electron chi connectivity index (χ1n) is 8.76.